The van der Waals surface area contributed by atoms with E-state index in [4.69, 9.17) is 17.2 Å². The van der Waals surface area contributed by atoms with E-state index in [0.717, 1.165) is 40.7 Å². The highest BCUT2D eigenvalue weighted by Gasteiger charge is 2.25. The fourth-order valence-electron chi connectivity index (χ4n) is 6.38. The molecule has 1 aromatic heterocycles. The number of para-hydroxylation sites is 1. The molecular weight excluding hydrogens is 524 g/mol. The Bertz CT molecular complexity index is 1830. The number of benzene rings is 5. The number of rotatable bonds is 0. The second-order valence-electron chi connectivity index (χ2n) is 11.5. The Morgan fingerprint density at radius 1 is 0.535 bits per heavy atom. The van der Waals surface area contributed by atoms with E-state index >= 15 is 0 Å². The molecule has 3 aliphatic carbocycles. The predicted octanol–water partition coefficient (Wildman–Crippen LogP) is 7.52. The first-order valence-corrected chi connectivity index (χ1v) is 14.7. The van der Waals surface area contributed by atoms with Crippen molar-refractivity contribution < 1.29 is 0 Å². The summed E-state index contributed by atoms with van der Waals surface area (Å²) in [4.78, 5) is 4.56. The lowest BCUT2D eigenvalue weighted by Gasteiger charge is -2.26. The summed E-state index contributed by atoms with van der Waals surface area (Å²) in [5, 5.41) is 0.956. The van der Waals surface area contributed by atoms with Gasteiger partial charge in [0.05, 0.1) is 16.9 Å². The summed E-state index contributed by atoms with van der Waals surface area (Å²) in [5.41, 5.74) is 32.1. The van der Waals surface area contributed by atoms with Gasteiger partial charge in [-0.25, -0.2) is 4.98 Å². The van der Waals surface area contributed by atoms with Gasteiger partial charge in [-0.05, 0) is 75.6 Å². The molecule has 0 unspecified atom stereocenters. The molecule has 6 aromatic rings. The summed E-state index contributed by atoms with van der Waals surface area (Å²) in [5.74, 6) is 0. The largest absolute Gasteiger partial charge is 0.398 e. The van der Waals surface area contributed by atoms with Gasteiger partial charge in [0, 0.05) is 23.1 Å². The molecular formula is C39H34N4. The minimum Gasteiger partial charge on any atom is -0.398 e. The number of pyridine rings is 1. The van der Waals surface area contributed by atoms with E-state index in [1.807, 2.05) is 30.3 Å². The van der Waals surface area contributed by atoms with Crippen molar-refractivity contribution in [3.8, 4) is 22.3 Å². The third kappa shape index (κ3) is 5.23. The third-order valence-electron chi connectivity index (χ3n) is 8.52. The Hall–Kier alpha value is -5.03. The van der Waals surface area contributed by atoms with Crippen molar-refractivity contribution in [3.05, 3.63) is 161 Å². The van der Waals surface area contributed by atoms with Crippen molar-refractivity contribution in [3.63, 3.8) is 0 Å². The van der Waals surface area contributed by atoms with E-state index in [1.54, 1.807) is 6.08 Å². The molecule has 0 bridgehead atoms. The van der Waals surface area contributed by atoms with Gasteiger partial charge in [0.2, 0.25) is 0 Å². The molecule has 5 aromatic carbocycles. The van der Waals surface area contributed by atoms with E-state index in [9.17, 15) is 0 Å². The highest BCUT2D eigenvalue weighted by Crippen LogP contribution is 2.37. The van der Waals surface area contributed by atoms with Crippen LogP contribution >= 0.6 is 0 Å². The van der Waals surface area contributed by atoms with Gasteiger partial charge in [0.15, 0.2) is 0 Å². The fraction of sp³-hybridized carbons (Fsp3) is 0.103. The summed E-state index contributed by atoms with van der Waals surface area (Å²) in [6, 6.07) is 42.4. The van der Waals surface area contributed by atoms with Gasteiger partial charge in [-0.15, -0.1) is 0 Å². The van der Waals surface area contributed by atoms with Crippen LogP contribution in [0, 0.1) is 0 Å². The SMILES string of the molecule is Nc1c2c(nc3ccccc13)C=CC(N)(N)C2.c1ccc2c(c1)Cc1ccccc1-2.c1ccc2c(c1)Cc1ccccc1-2. The molecule has 3 aliphatic rings. The van der Waals surface area contributed by atoms with Crippen LogP contribution in [-0.2, 0) is 19.3 Å². The first kappa shape index (κ1) is 26.8. The highest BCUT2D eigenvalue weighted by atomic mass is 14.9. The van der Waals surface area contributed by atoms with Crippen LogP contribution < -0.4 is 17.2 Å². The molecule has 0 spiro atoms. The van der Waals surface area contributed by atoms with Crippen molar-refractivity contribution >= 4 is 22.7 Å². The lowest BCUT2D eigenvalue weighted by molar-refractivity contribution is 0.546. The summed E-state index contributed by atoms with van der Waals surface area (Å²) in [6.07, 6.45) is 6.35. The first-order chi connectivity index (χ1) is 21.0. The number of nitrogens with two attached hydrogens (primary N) is 3. The van der Waals surface area contributed by atoms with E-state index in [1.165, 1.54) is 44.5 Å². The zero-order valence-electron chi connectivity index (χ0n) is 24.0. The molecule has 0 saturated carbocycles. The second-order valence-corrected chi connectivity index (χ2v) is 11.5. The molecule has 4 heteroatoms. The molecule has 0 atom stereocenters. The van der Waals surface area contributed by atoms with Gasteiger partial charge in [-0.2, -0.15) is 0 Å². The Labute approximate surface area is 252 Å². The van der Waals surface area contributed by atoms with Gasteiger partial charge in [-0.1, -0.05) is 115 Å². The quantitative estimate of drug-likeness (QED) is 0.168. The van der Waals surface area contributed by atoms with Crippen molar-refractivity contribution in [1.29, 1.82) is 0 Å². The molecule has 210 valence electrons. The molecule has 0 fully saturated rings. The fourth-order valence-corrected chi connectivity index (χ4v) is 6.38. The van der Waals surface area contributed by atoms with Crippen LogP contribution in [-0.4, -0.2) is 10.6 Å². The van der Waals surface area contributed by atoms with E-state index in [0.29, 0.717) is 6.42 Å². The molecule has 6 N–H and O–H groups in total. The number of hydrogen-bond acceptors (Lipinski definition) is 4. The third-order valence-corrected chi connectivity index (χ3v) is 8.52. The molecule has 4 nitrogen and oxygen atoms in total. The standard InChI is InChI=1S/C13H14N4.2C13H10/c14-12-8-3-1-2-4-10(8)17-11-5-6-13(15,16)7-9(11)12;2*1-3-7-12-10(5-1)9-11-6-2-4-8-13(11)12/h1-6H,7,15-16H2,(H2,14,17);2*1-8H,9H2. The number of anilines is 1. The zero-order valence-corrected chi connectivity index (χ0v) is 24.0. The van der Waals surface area contributed by atoms with Crippen molar-refractivity contribution in [2.45, 2.75) is 24.9 Å². The number of hydrogen-bond donors (Lipinski definition) is 3. The van der Waals surface area contributed by atoms with Crippen molar-refractivity contribution in [2.75, 3.05) is 5.73 Å². The van der Waals surface area contributed by atoms with Gasteiger partial charge < -0.3 is 17.2 Å². The molecule has 43 heavy (non-hydrogen) atoms. The van der Waals surface area contributed by atoms with E-state index in [2.05, 4.69) is 102 Å². The smallest absolute Gasteiger partial charge is 0.0875 e. The maximum atomic E-state index is 6.18. The summed E-state index contributed by atoms with van der Waals surface area (Å²) >= 11 is 0. The first-order valence-electron chi connectivity index (χ1n) is 14.7. The number of aromatic nitrogens is 1. The van der Waals surface area contributed by atoms with E-state index < -0.39 is 5.66 Å². The van der Waals surface area contributed by atoms with E-state index in [-0.39, 0.29) is 0 Å². The van der Waals surface area contributed by atoms with Crippen LogP contribution in [0.5, 0.6) is 0 Å². The van der Waals surface area contributed by atoms with Crippen molar-refractivity contribution in [2.24, 2.45) is 11.5 Å². The number of nitrogen functional groups attached to an aromatic ring is 1. The molecule has 9 rings (SSSR count). The van der Waals surface area contributed by atoms with Crippen LogP contribution in [0.25, 0.3) is 39.2 Å². The minimum absolute atomic E-state index is 0.516. The Morgan fingerprint density at radius 2 is 0.953 bits per heavy atom. The number of nitrogens with zero attached hydrogens (tertiary/aromatic N) is 1. The molecule has 1 heterocycles. The summed E-state index contributed by atoms with van der Waals surface area (Å²) < 4.78 is 0. The summed E-state index contributed by atoms with van der Waals surface area (Å²) in [6.45, 7) is 0. The predicted molar refractivity (Wildman–Crippen MR) is 179 cm³/mol. The highest BCUT2D eigenvalue weighted by molar-refractivity contribution is 5.93. The van der Waals surface area contributed by atoms with Gasteiger partial charge >= 0.3 is 0 Å². The molecule has 0 aliphatic heterocycles. The zero-order chi connectivity index (χ0) is 29.4. The maximum Gasteiger partial charge on any atom is 0.0875 e. The average Bonchev–Trinajstić information content (AvgIpc) is 3.61. The molecule has 0 amide bonds. The minimum atomic E-state index is -0.828. The van der Waals surface area contributed by atoms with Gasteiger partial charge in [0.25, 0.3) is 0 Å². The monoisotopic (exact) mass is 558 g/mol. The Kier molecular flexibility index (Phi) is 6.86. The van der Waals surface area contributed by atoms with Crippen LogP contribution in [0.2, 0.25) is 0 Å². The van der Waals surface area contributed by atoms with Crippen LogP contribution in [0.1, 0.15) is 33.5 Å². The van der Waals surface area contributed by atoms with Gasteiger partial charge in [0.1, 0.15) is 0 Å². The van der Waals surface area contributed by atoms with Crippen LogP contribution in [0.15, 0.2) is 127 Å². The number of fused-ring (bicyclic) bond motifs is 8. The second kappa shape index (κ2) is 11.0. The topological polar surface area (TPSA) is 90.9 Å². The molecule has 0 radical (unpaired) electrons. The van der Waals surface area contributed by atoms with Crippen LogP contribution in [0.3, 0.4) is 0 Å². The molecule has 0 saturated heterocycles. The lowest BCUT2D eigenvalue weighted by atomic mass is 9.91. The maximum absolute atomic E-state index is 6.18. The average molecular weight is 559 g/mol. The Morgan fingerprint density at radius 3 is 1.44 bits per heavy atom. The Balaban J connectivity index is 0.000000106. The lowest BCUT2D eigenvalue weighted by Crippen LogP contribution is -2.50. The summed E-state index contributed by atoms with van der Waals surface area (Å²) in [7, 11) is 0. The van der Waals surface area contributed by atoms with Gasteiger partial charge in [-0.3, -0.25) is 0 Å². The van der Waals surface area contributed by atoms with Crippen LogP contribution in [0.4, 0.5) is 5.69 Å². The normalized spacial score (nSPS) is 14.2. The van der Waals surface area contributed by atoms with Crippen molar-refractivity contribution in [1.82, 2.24) is 4.98 Å².